The molecule has 1 aliphatic carbocycles. The highest BCUT2D eigenvalue weighted by atomic mass is 16.6. The normalized spacial score (nSPS) is 21.9. The Kier molecular flexibility index (Phi) is 5.06. The van der Waals surface area contributed by atoms with E-state index in [0.717, 1.165) is 50.2 Å². The van der Waals surface area contributed by atoms with Gasteiger partial charge in [0.15, 0.2) is 0 Å². The summed E-state index contributed by atoms with van der Waals surface area (Å²) in [6, 6.07) is 9.84. The van der Waals surface area contributed by atoms with Gasteiger partial charge in [-0.15, -0.1) is 0 Å². The van der Waals surface area contributed by atoms with Gasteiger partial charge >= 0.3 is 6.09 Å². The molecule has 0 atom stereocenters. The molecule has 1 N–H and O–H groups in total. The van der Waals surface area contributed by atoms with Crippen molar-refractivity contribution in [2.45, 2.75) is 52.2 Å². The second-order valence-electron chi connectivity index (χ2n) is 9.19. The second kappa shape index (κ2) is 7.37. The van der Waals surface area contributed by atoms with Gasteiger partial charge in [-0.1, -0.05) is 36.4 Å². The maximum atomic E-state index is 13.1. The lowest BCUT2D eigenvalue weighted by Crippen LogP contribution is -2.51. The van der Waals surface area contributed by atoms with Gasteiger partial charge in [-0.25, -0.2) is 14.8 Å². The zero-order chi connectivity index (χ0) is 19.8. The van der Waals surface area contributed by atoms with Crippen molar-refractivity contribution in [3.05, 3.63) is 59.3 Å². The fraction of sp³-hybridized carbons (Fsp3) is 0.522. The third-order valence-corrected chi connectivity index (χ3v) is 6.08. The Labute approximate surface area is 168 Å². The zero-order valence-electron chi connectivity index (χ0n) is 17.2. The van der Waals surface area contributed by atoms with Crippen LogP contribution in [0.25, 0.3) is 0 Å². The van der Waals surface area contributed by atoms with Gasteiger partial charge in [-0.3, -0.25) is 0 Å². The fourth-order valence-corrected chi connectivity index (χ4v) is 4.47. The molecule has 28 heavy (non-hydrogen) atoms. The largest absolute Gasteiger partial charge is 0.443 e. The van der Waals surface area contributed by atoms with E-state index in [1.54, 1.807) is 5.01 Å². The highest BCUT2D eigenvalue weighted by Gasteiger charge is 2.44. The number of ether oxygens (including phenoxy) is 1. The maximum Gasteiger partial charge on any atom is 0.429 e. The number of allylic oxidation sites excluding steroid dienone is 2. The van der Waals surface area contributed by atoms with E-state index in [4.69, 9.17) is 4.74 Å². The van der Waals surface area contributed by atoms with Crippen LogP contribution >= 0.6 is 0 Å². The summed E-state index contributed by atoms with van der Waals surface area (Å²) >= 11 is 0. The molecular weight excluding hydrogens is 350 g/mol. The first kappa shape index (κ1) is 19.2. The van der Waals surface area contributed by atoms with E-state index in [1.165, 1.54) is 5.57 Å². The number of amides is 1. The molecule has 150 valence electrons. The van der Waals surface area contributed by atoms with E-state index < -0.39 is 0 Å². The molecule has 1 spiro atoms. The van der Waals surface area contributed by atoms with E-state index >= 15 is 0 Å². The van der Waals surface area contributed by atoms with E-state index in [1.807, 2.05) is 30.3 Å². The molecule has 0 saturated carbocycles. The molecule has 1 amide bonds. The molecule has 0 bridgehead atoms. The van der Waals surface area contributed by atoms with Crippen LogP contribution in [0.3, 0.4) is 0 Å². The number of carbonyl (C=O) groups excluding carboxylic acids is 1. The Morgan fingerprint density at radius 2 is 1.89 bits per heavy atom. The minimum absolute atomic E-state index is 0.168. The molecule has 1 aromatic rings. The molecule has 0 radical (unpaired) electrons. The molecule has 0 unspecified atom stereocenters. The molecule has 3 aliphatic rings. The quantitative estimate of drug-likeness (QED) is 0.832. The molecule has 1 aromatic carbocycles. The van der Waals surface area contributed by atoms with Gasteiger partial charge in [0.1, 0.15) is 6.61 Å². The van der Waals surface area contributed by atoms with Gasteiger partial charge in [-0.2, -0.15) is 0 Å². The Morgan fingerprint density at radius 1 is 1.18 bits per heavy atom. The van der Waals surface area contributed by atoms with Crippen LogP contribution in [-0.2, 0) is 11.3 Å². The molecule has 1 fully saturated rings. The molecular formula is C23H31N3O2. The molecule has 0 aromatic heterocycles. The van der Waals surface area contributed by atoms with Gasteiger partial charge in [0, 0.05) is 12.1 Å². The Bertz CT molecular complexity index is 786. The summed E-state index contributed by atoms with van der Waals surface area (Å²) < 4.78 is 5.69. The van der Waals surface area contributed by atoms with Crippen LogP contribution in [0, 0.1) is 5.41 Å². The molecule has 5 heteroatoms. The molecule has 2 aliphatic heterocycles. The lowest BCUT2D eigenvalue weighted by molar-refractivity contribution is -0.0344. The van der Waals surface area contributed by atoms with Gasteiger partial charge in [0.25, 0.3) is 0 Å². The highest BCUT2D eigenvalue weighted by molar-refractivity contribution is 5.72. The molecule has 5 nitrogen and oxygen atoms in total. The number of rotatable bonds is 2. The lowest BCUT2D eigenvalue weighted by Gasteiger charge is -2.38. The summed E-state index contributed by atoms with van der Waals surface area (Å²) in [6.45, 7) is 9.65. The summed E-state index contributed by atoms with van der Waals surface area (Å²) in [5.41, 5.74) is 3.45. The van der Waals surface area contributed by atoms with Crippen LogP contribution in [0.2, 0.25) is 0 Å². The first-order chi connectivity index (χ1) is 13.4. The third-order valence-electron chi connectivity index (χ3n) is 6.08. The zero-order valence-corrected chi connectivity index (χ0v) is 17.2. The van der Waals surface area contributed by atoms with E-state index in [0.29, 0.717) is 0 Å². The first-order valence-electron chi connectivity index (χ1n) is 10.3. The van der Waals surface area contributed by atoms with Gasteiger partial charge in [-0.05, 0) is 75.8 Å². The number of carbonyl (C=O) groups is 1. The highest BCUT2D eigenvalue weighted by Crippen LogP contribution is 2.45. The summed E-state index contributed by atoms with van der Waals surface area (Å²) in [7, 11) is 0. The SMILES string of the molecule is CC(C)(C)N1CC2=C(C=CC3(CCNCC3)C2)N1C(=O)OCc1ccccc1. The van der Waals surface area contributed by atoms with Crippen molar-refractivity contribution >= 4 is 6.09 Å². The fourth-order valence-electron chi connectivity index (χ4n) is 4.47. The maximum absolute atomic E-state index is 13.1. The molecule has 4 rings (SSSR count). The smallest absolute Gasteiger partial charge is 0.429 e. The van der Waals surface area contributed by atoms with Crippen LogP contribution in [-0.4, -0.2) is 41.3 Å². The number of piperidine rings is 1. The van der Waals surface area contributed by atoms with Crippen LogP contribution < -0.4 is 5.32 Å². The third kappa shape index (κ3) is 3.74. The Balaban J connectivity index is 1.54. The van der Waals surface area contributed by atoms with Crippen LogP contribution in [0.1, 0.15) is 45.6 Å². The number of nitrogens with one attached hydrogen (secondary N) is 1. The summed E-state index contributed by atoms with van der Waals surface area (Å²) in [4.78, 5) is 13.1. The average Bonchev–Trinajstić information content (AvgIpc) is 3.06. The van der Waals surface area contributed by atoms with Gasteiger partial charge < -0.3 is 10.1 Å². The van der Waals surface area contributed by atoms with Crippen LogP contribution in [0.4, 0.5) is 4.79 Å². The van der Waals surface area contributed by atoms with Gasteiger partial charge in [0.05, 0.1) is 5.70 Å². The first-order valence-corrected chi connectivity index (χ1v) is 10.3. The van der Waals surface area contributed by atoms with Crippen LogP contribution in [0.5, 0.6) is 0 Å². The van der Waals surface area contributed by atoms with E-state index in [2.05, 4.69) is 43.2 Å². The van der Waals surface area contributed by atoms with E-state index in [9.17, 15) is 4.79 Å². The Morgan fingerprint density at radius 3 is 2.57 bits per heavy atom. The topological polar surface area (TPSA) is 44.8 Å². The van der Waals surface area contributed by atoms with Crippen molar-refractivity contribution in [1.29, 1.82) is 0 Å². The number of nitrogens with zero attached hydrogens (tertiary/aromatic N) is 2. The van der Waals surface area contributed by atoms with Crippen LogP contribution in [0.15, 0.2) is 53.8 Å². The van der Waals surface area contributed by atoms with Crippen molar-refractivity contribution in [3.63, 3.8) is 0 Å². The summed E-state index contributed by atoms with van der Waals surface area (Å²) in [6.07, 6.45) is 7.57. The van der Waals surface area contributed by atoms with Crippen molar-refractivity contribution < 1.29 is 9.53 Å². The number of hydrogen-bond acceptors (Lipinski definition) is 4. The van der Waals surface area contributed by atoms with E-state index in [-0.39, 0.29) is 23.7 Å². The average molecular weight is 382 g/mol. The predicted octanol–water partition coefficient (Wildman–Crippen LogP) is 4.24. The summed E-state index contributed by atoms with van der Waals surface area (Å²) in [5, 5.41) is 7.38. The summed E-state index contributed by atoms with van der Waals surface area (Å²) in [5.74, 6) is 0. The van der Waals surface area contributed by atoms with Crippen molar-refractivity contribution in [1.82, 2.24) is 15.3 Å². The minimum atomic E-state index is -0.297. The number of hydrazine groups is 1. The van der Waals surface area contributed by atoms with Crippen molar-refractivity contribution in [2.75, 3.05) is 19.6 Å². The lowest BCUT2D eigenvalue weighted by atomic mass is 9.71. The molecule has 1 saturated heterocycles. The Hall–Kier alpha value is -2.11. The predicted molar refractivity (Wildman–Crippen MR) is 110 cm³/mol. The van der Waals surface area contributed by atoms with Crippen molar-refractivity contribution in [3.8, 4) is 0 Å². The number of hydrogen-bond donors (Lipinski definition) is 1. The monoisotopic (exact) mass is 381 g/mol. The second-order valence-corrected chi connectivity index (χ2v) is 9.19. The standard InChI is InChI=1S/C23H31N3O2/c1-22(2,3)25-16-19-15-23(11-13-24-14-12-23)10-9-20(19)26(25)21(27)28-17-18-7-5-4-6-8-18/h4-10,24H,11-17H2,1-3H3. The number of benzene rings is 1. The molecule has 2 heterocycles. The van der Waals surface area contributed by atoms with Crippen molar-refractivity contribution in [2.24, 2.45) is 5.41 Å². The minimum Gasteiger partial charge on any atom is -0.443 e. The van der Waals surface area contributed by atoms with Gasteiger partial charge in [0.2, 0.25) is 0 Å².